The van der Waals surface area contributed by atoms with Gasteiger partial charge in [0.05, 0.1) is 4.91 Å². The first-order valence-electron chi connectivity index (χ1n) is 10.4. The molecule has 1 fully saturated rings. The molecular formula is C26H22N2O4S. The maximum Gasteiger partial charge on any atom is 0.293 e. The van der Waals surface area contributed by atoms with Crippen molar-refractivity contribution in [1.29, 1.82) is 0 Å². The van der Waals surface area contributed by atoms with Gasteiger partial charge in [0.1, 0.15) is 11.5 Å². The molecule has 4 rings (SSSR count). The Kier molecular flexibility index (Phi) is 6.90. The molecule has 1 heterocycles. The summed E-state index contributed by atoms with van der Waals surface area (Å²) in [5, 5.41) is 2.42. The van der Waals surface area contributed by atoms with Crippen LogP contribution in [0.4, 0.5) is 4.79 Å². The lowest BCUT2D eigenvalue weighted by Crippen LogP contribution is -2.37. The van der Waals surface area contributed by atoms with E-state index in [1.165, 1.54) is 0 Å². The molecule has 0 bridgehead atoms. The van der Waals surface area contributed by atoms with E-state index in [1.807, 2.05) is 61.5 Å². The molecule has 3 amide bonds. The lowest BCUT2D eigenvalue weighted by Gasteiger charge is -2.13. The number of hydrogen-bond acceptors (Lipinski definition) is 5. The third-order valence-electron chi connectivity index (χ3n) is 4.94. The van der Waals surface area contributed by atoms with Crippen LogP contribution in [0.5, 0.6) is 11.5 Å². The molecule has 33 heavy (non-hydrogen) atoms. The normalized spacial score (nSPS) is 14.6. The Bertz CT molecular complexity index is 1210. The fourth-order valence-corrected chi connectivity index (χ4v) is 4.08. The predicted octanol–water partition coefficient (Wildman–Crippen LogP) is 5.25. The van der Waals surface area contributed by atoms with Crippen molar-refractivity contribution < 1.29 is 19.1 Å². The van der Waals surface area contributed by atoms with Gasteiger partial charge in [0.25, 0.3) is 17.1 Å². The zero-order valence-corrected chi connectivity index (χ0v) is 18.8. The summed E-state index contributed by atoms with van der Waals surface area (Å²) in [6.45, 7) is 2.23. The van der Waals surface area contributed by atoms with Crippen molar-refractivity contribution in [2.24, 2.45) is 0 Å². The molecular weight excluding hydrogens is 436 g/mol. The standard InChI is InChI=1S/C26H22N2O4S/c1-18-10-12-19(13-11-18)16-23-25(30)28(26(31)33-23)15-14-27-24(29)20-6-5-9-22(17-20)32-21-7-3-2-4-8-21/h2-13,16-17H,14-15H2,1H3,(H,27,29). The first-order chi connectivity index (χ1) is 16.0. The van der Waals surface area contributed by atoms with Crippen LogP contribution < -0.4 is 10.1 Å². The van der Waals surface area contributed by atoms with Crippen LogP contribution in [-0.4, -0.2) is 35.0 Å². The molecule has 6 nitrogen and oxygen atoms in total. The van der Waals surface area contributed by atoms with Gasteiger partial charge in [0, 0.05) is 18.7 Å². The number of nitrogens with zero attached hydrogens (tertiary/aromatic N) is 1. The third-order valence-corrected chi connectivity index (χ3v) is 5.85. The minimum atomic E-state index is -0.349. The molecule has 3 aromatic rings. The van der Waals surface area contributed by atoms with Crippen molar-refractivity contribution in [3.63, 3.8) is 0 Å². The van der Waals surface area contributed by atoms with E-state index >= 15 is 0 Å². The number of benzene rings is 3. The first-order valence-corrected chi connectivity index (χ1v) is 11.2. The highest BCUT2D eigenvalue weighted by Crippen LogP contribution is 2.32. The van der Waals surface area contributed by atoms with E-state index in [4.69, 9.17) is 4.74 Å². The van der Waals surface area contributed by atoms with E-state index in [0.29, 0.717) is 22.0 Å². The van der Waals surface area contributed by atoms with Crippen molar-refractivity contribution in [2.45, 2.75) is 6.92 Å². The van der Waals surface area contributed by atoms with Gasteiger partial charge < -0.3 is 10.1 Å². The van der Waals surface area contributed by atoms with Crippen LogP contribution in [0.2, 0.25) is 0 Å². The number of aryl methyl sites for hydroxylation is 1. The number of rotatable bonds is 7. The number of thioether (sulfide) groups is 1. The van der Waals surface area contributed by atoms with E-state index in [9.17, 15) is 14.4 Å². The van der Waals surface area contributed by atoms with Crippen molar-refractivity contribution in [3.05, 3.63) is 100 Å². The van der Waals surface area contributed by atoms with Crippen LogP contribution in [0.1, 0.15) is 21.5 Å². The highest BCUT2D eigenvalue weighted by Gasteiger charge is 2.34. The molecule has 0 saturated carbocycles. The summed E-state index contributed by atoms with van der Waals surface area (Å²) in [6, 6.07) is 23.8. The lowest BCUT2D eigenvalue weighted by atomic mass is 10.1. The Morgan fingerprint density at radius 2 is 1.70 bits per heavy atom. The molecule has 166 valence electrons. The van der Waals surface area contributed by atoms with Gasteiger partial charge in [0.15, 0.2) is 0 Å². The van der Waals surface area contributed by atoms with Crippen LogP contribution in [0.25, 0.3) is 6.08 Å². The highest BCUT2D eigenvalue weighted by molar-refractivity contribution is 8.18. The molecule has 0 aliphatic carbocycles. The van der Waals surface area contributed by atoms with Crippen molar-refractivity contribution in [1.82, 2.24) is 10.2 Å². The molecule has 0 atom stereocenters. The Balaban J connectivity index is 1.33. The smallest absolute Gasteiger partial charge is 0.293 e. The topological polar surface area (TPSA) is 75.7 Å². The molecule has 0 spiro atoms. The quantitative estimate of drug-likeness (QED) is 0.489. The molecule has 7 heteroatoms. The van der Waals surface area contributed by atoms with E-state index in [1.54, 1.807) is 30.3 Å². The molecule has 1 aliphatic rings. The van der Waals surface area contributed by atoms with E-state index < -0.39 is 0 Å². The van der Waals surface area contributed by atoms with Crippen molar-refractivity contribution in [2.75, 3.05) is 13.1 Å². The number of amides is 3. The minimum Gasteiger partial charge on any atom is -0.457 e. The number of para-hydroxylation sites is 1. The lowest BCUT2D eigenvalue weighted by molar-refractivity contribution is -0.122. The van der Waals surface area contributed by atoms with Crippen LogP contribution in [0.3, 0.4) is 0 Å². The van der Waals surface area contributed by atoms with Gasteiger partial charge in [-0.1, -0.05) is 54.1 Å². The Labute approximate surface area is 196 Å². The van der Waals surface area contributed by atoms with Crippen molar-refractivity contribution in [3.8, 4) is 11.5 Å². The summed E-state index contributed by atoms with van der Waals surface area (Å²) in [5.41, 5.74) is 2.40. The maximum absolute atomic E-state index is 12.6. The van der Waals surface area contributed by atoms with Crippen LogP contribution in [0, 0.1) is 6.92 Å². The second-order valence-corrected chi connectivity index (χ2v) is 8.44. The molecule has 1 aliphatic heterocycles. The fraction of sp³-hybridized carbons (Fsp3) is 0.115. The monoisotopic (exact) mass is 458 g/mol. The summed E-state index contributed by atoms with van der Waals surface area (Å²) in [6.07, 6.45) is 1.71. The van der Waals surface area contributed by atoms with Gasteiger partial charge >= 0.3 is 0 Å². The van der Waals surface area contributed by atoms with E-state index in [0.717, 1.165) is 27.8 Å². The number of ether oxygens (including phenoxy) is 1. The minimum absolute atomic E-state index is 0.0991. The van der Waals surface area contributed by atoms with Crippen molar-refractivity contribution >= 4 is 34.9 Å². The number of hydrogen-bond donors (Lipinski definition) is 1. The summed E-state index contributed by atoms with van der Waals surface area (Å²) in [7, 11) is 0. The average Bonchev–Trinajstić information content (AvgIpc) is 3.08. The summed E-state index contributed by atoms with van der Waals surface area (Å²) >= 11 is 0.908. The Morgan fingerprint density at radius 1 is 0.970 bits per heavy atom. The summed E-state index contributed by atoms with van der Waals surface area (Å²) in [4.78, 5) is 39.0. The molecule has 0 radical (unpaired) electrons. The number of carbonyl (C=O) groups excluding carboxylic acids is 3. The average molecular weight is 459 g/mol. The first kappa shape index (κ1) is 22.4. The van der Waals surface area contributed by atoms with Gasteiger partial charge in [-0.15, -0.1) is 0 Å². The van der Waals surface area contributed by atoms with Crippen LogP contribution in [-0.2, 0) is 4.79 Å². The number of nitrogens with one attached hydrogen (secondary N) is 1. The Hall–Kier alpha value is -3.84. The SMILES string of the molecule is Cc1ccc(C=C2SC(=O)N(CCNC(=O)c3cccc(Oc4ccccc4)c3)C2=O)cc1. The van der Waals surface area contributed by atoms with Gasteiger partial charge in [-0.2, -0.15) is 0 Å². The molecule has 1 N–H and O–H groups in total. The largest absolute Gasteiger partial charge is 0.457 e. The zero-order chi connectivity index (χ0) is 23.2. The van der Waals surface area contributed by atoms with E-state index in [2.05, 4.69) is 5.32 Å². The molecule has 0 unspecified atom stereocenters. The third kappa shape index (κ3) is 5.70. The fourth-order valence-electron chi connectivity index (χ4n) is 3.22. The van der Waals surface area contributed by atoms with Crippen LogP contribution in [0.15, 0.2) is 83.8 Å². The molecule has 1 saturated heterocycles. The maximum atomic E-state index is 12.6. The molecule has 0 aromatic heterocycles. The highest BCUT2D eigenvalue weighted by atomic mass is 32.2. The number of imide groups is 1. The van der Waals surface area contributed by atoms with Crippen LogP contribution >= 0.6 is 11.8 Å². The zero-order valence-electron chi connectivity index (χ0n) is 18.0. The second kappa shape index (κ2) is 10.2. The summed E-state index contributed by atoms with van der Waals surface area (Å²) in [5.74, 6) is 0.558. The van der Waals surface area contributed by atoms with Gasteiger partial charge in [-0.25, -0.2) is 0 Å². The Morgan fingerprint density at radius 3 is 2.45 bits per heavy atom. The summed E-state index contributed by atoms with van der Waals surface area (Å²) < 4.78 is 5.76. The van der Waals surface area contributed by atoms with Gasteiger partial charge in [-0.05, 0) is 60.7 Å². The molecule has 3 aromatic carbocycles. The van der Waals surface area contributed by atoms with E-state index in [-0.39, 0.29) is 30.1 Å². The van der Waals surface area contributed by atoms with Gasteiger partial charge in [0.2, 0.25) is 0 Å². The van der Waals surface area contributed by atoms with Gasteiger partial charge in [-0.3, -0.25) is 19.3 Å². The second-order valence-electron chi connectivity index (χ2n) is 7.44. The predicted molar refractivity (Wildman–Crippen MR) is 129 cm³/mol. The number of carbonyl (C=O) groups is 3.